The molecule has 2 aromatic rings. The lowest BCUT2D eigenvalue weighted by molar-refractivity contribution is -0.123. The third-order valence-electron chi connectivity index (χ3n) is 3.62. The highest BCUT2D eigenvalue weighted by atomic mass is 16.5. The maximum Gasteiger partial charge on any atom is 0.159 e. The summed E-state index contributed by atoms with van der Waals surface area (Å²) in [5.41, 5.74) is 0.890. The van der Waals surface area contributed by atoms with Crippen molar-refractivity contribution in [3.63, 3.8) is 0 Å². The third kappa shape index (κ3) is 8.14. The number of hydrogen-bond donors (Lipinski definition) is 0. The van der Waals surface area contributed by atoms with E-state index in [1.165, 1.54) is 0 Å². The fourth-order valence-electron chi connectivity index (χ4n) is 2.15. The van der Waals surface area contributed by atoms with Gasteiger partial charge in [0.1, 0.15) is 19.0 Å². The fraction of sp³-hybridized carbons (Fsp3) is 0.600. The number of carbonyl (C=O) groups is 1. The second-order valence-electron chi connectivity index (χ2n) is 6.00. The predicted octanol–water partition coefficient (Wildman–Crippen LogP) is 3.20. The molecule has 0 aliphatic rings. The molecule has 2 rings (SSSR count). The Bertz CT molecular complexity index is 671. The van der Waals surface area contributed by atoms with Crippen molar-refractivity contribution >= 4 is 5.78 Å². The van der Waals surface area contributed by atoms with Crippen LogP contribution >= 0.6 is 0 Å². The first kappa shape index (κ1) is 23.7. The number of ether oxygens (including phenoxy) is 3. The summed E-state index contributed by atoms with van der Waals surface area (Å²) >= 11 is 0. The SMILES string of the molecule is CC.CCC(=O)COCCOCCOc1ccc(-n2nnnc2C(C)C)cc1. The quantitative estimate of drug-likeness (QED) is 0.512. The summed E-state index contributed by atoms with van der Waals surface area (Å²) in [6, 6.07) is 7.58. The molecule has 0 atom stereocenters. The van der Waals surface area contributed by atoms with Crippen LogP contribution in [0.15, 0.2) is 24.3 Å². The van der Waals surface area contributed by atoms with Crippen LogP contribution in [0.4, 0.5) is 0 Å². The van der Waals surface area contributed by atoms with Gasteiger partial charge in [0.15, 0.2) is 11.6 Å². The van der Waals surface area contributed by atoms with Gasteiger partial charge in [-0.3, -0.25) is 4.79 Å². The average Bonchev–Trinajstić information content (AvgIpc) is 3.22. The molecule has 1 heterocycles. The first-order chi connectivity index (χ1) is 13.6. The Hall–Kier alpha value is -2.32. The van der Waals surface area contributed by atoms with Crippen LogP contribution in [0.25, 0.3) is 5.69 Å². The van der Waals surface area contributed by atoms with Gasteiger partial charge in [0, 0.05) is 12.3 Å². The molecule has 0 saturated heterocycles. The second-order valence-corrected chi connectivity index (χ2v) is 6.00. The van der Waals surface area contributed by atoms with E-state index in [0.29, 0.717) is 32.8 Å². The molecule has 0 radical (unpaired) electrons. The maximum atomic E-state index is 11.1. The summed E-state index contributed by atoms with van der Waals surface area (Å²) in [6.45, 7) is 11.8. The van der Waals surface area contributed by atoms with E-state index >= 15 is 0 Å². The van der Waals surface area contributed by atoms with Crippen molar-refractivity contribution in [2.45, 2.75) is 47.0 Å². The number of ketones is 1. The van der Waals surface area contributed by atoms with E-state index in [1.54, 1.807) is 4.68 Å². The van der Waals surface area contributed by atoms with E-state index in [4.69, 9.17) is 14.2 Å². The minimum Gasteiger partial charge on any atom is -0.491 e. The minimum atomic E-state index is 0.0963. The molecule has 0 aliphatic carbocycles. The molecule has 156 valence electrons. The monoisotopic (exact) mass is 392 g/mol. The Labute approximate surface area is 167 Å². The van der Waals surface area contributed by atoms with Crippen LogP contribution in [-0.2, 0) is 14.3 Å². The van der Waals surface area contributed by atoms with Gasteiger partial charge in [0.2, 0.25) is 0 Å². The molecule has 1 aromatic heterocycles. The topological polar surface area (TPSA) is 88.4 Å². The van der Waals surface area contributed by atoms with Crippen LogP contribution in [0.2, 0.25) is 0 Å². The highest BCUT2D eigenvalue weighted by molar-refractivity contribution is 5.79. The Morgan fingerprint density at radius 2 is 1.68 bits per heavy atom. The summed E-state index contributed by atoms with van der Waals surface area (Å²) in [5, 5.41) is 11.8. The van der Waals surface area contributed by atoms with Crippen LogP contribution in [0.3, 0.4) is 0 Å². The van der Waals surface area contributed by atoms with E-state index in [2.05, 4.69) is 15.5 Å². The van der Waals surface area contributed by atoms with Gasteiger partial charge in [-0.25, -0.2) is 0 Å². The number of hydrogen-bond acceptors (Lipinski definition) is 7. The summed E-state index contributed by atoms with van der Waals surface area (Å²) in [4.78, 5) is 11.1. The average molecular weight is 393 g/mol. The zero-order valence-electron chi connectivity index (χ0n) is 17.6. The van der Waals surface area contributed by atoms with E-state index in [-0.39, 0.29) is 18.3 Å². The molecule has 0 spiro atoms. The van der Waals surface area contributed by atoms with Gasteiger partial charge in [-0.1, -0.05) is 34.6 Å². The van der Waals surface area contributed by atoms with Crippen LogP contribution in [0, 0.1) is 0 Å². The standard InChI is InChI=1S/C18H26N4O4.C2H6/c1-4-16(23)13-25-10-9-24-11-12-26-17-7-5-15(6-8-17)22-18(14(2)3)19-20-21-22;1-2/h5-8,14H,4,9-13H2,1-3H3;1-2H3. The van der Waals surface area contributed by atoms with Crippen LogP contribution in [-0.4, -0.2) is 59.0 Å². The van der Waals surface area contributed by atoms with Crippen LogP contribution < -0.4 is 4.74 Å². The van der Waals surface area contributed by atoms with E-state index < -0.39 is 0 Å². The zero-order valence-corrected chi connectivity index (χ0v) is 17.6. The first-order valence-electron chi connectivity index (χ1n) is 9.80. The highest BCUT2D eigenvalue weighted by Gasteiger charge is 2.11. The minimum absolute atomic E-state index is 0.0963. The normalized spacial score (nSPS) is 10.5. The molecule has 1 aromatic carbocycles. The Balaban J connectivity index is 0.00000190. The molecule has 8 heteroatoms. The molecule has 8 nitrogen and oxygen atoms in total. The second kappa shape index (κ2) is 13.8. The molecular weight excluding hydrogens is 360 g/mol. The van der Waals surface area contributed by atoms with Gasteiger partial charge in [-0.2, -0.15) is 4.68 Å². The lowest BCUT2D eigenvalue weighted by Gasteiger charge is -2.09. The van der Waals surface area contributed by atoms with Gasteiger partial charge in [0.25, 0.3) is 0 Å². The molecular formula is C20H32N4O4. The summed E-state index contributed by atoms with van der Waals surface area (Å²) in [6.07, 6.45) is 0.500. The fourth-order valence-corrected chi connectivity index (χ4v) is 2.15. The van der Waals surface area contributed by atoms with Gasteiger partial charge >= 0.3 is 0 Å². The van der Waals surface area contributed by atoms with E-state index in [1.807, 2.05) is 58.9 Å². The molecule has 0 amide bonds. The molecule has 0 N–H and O–H groups in total. The van der Waals surface area contributed by atoms with Gasteiger partial charge in [0.05, 0.1) is 25.5 Å². The molecule has 0 fully saturated rings. The van der Waals surface area contributed by atoms with Gasteiger partial charge < -0.3 is 14.2 Å². The molecule has 0 saturated carbocycles. The lowest BCUT2D eigenvalue weighted by Crippen LogP contribution is -2.13. The largest absolute Gasteiger partial charge is 0.491 e. The molecule has 0 aliphatic heterocycles. The van der Waals surface area contributed by atoms with Crippen LogP contribution in [0.5, 0.6) is 5.75 Å². The summed E-state index contributed by atoms with van der Waals surface area (Å²) < 4.78 is 18.0. The molecule has 0 bridgehead atoms. The first-order valence-corrected chi connectivity index (χ1v) is 9.80. The maximum absolute atomic E-state index is 11.1. The predicted molar refractivity (Wildman–Crippen MR) is 107 cm³/mol. The number of tetrazole rings is 1. The van der Waals surface area contributed by atoms with Crippen molar-refractivity contribution in [1.82, 2.24) is 20.2 Å². The van der Waals surface area contributed by atoms with Crippen molar-refractivity contribution in [2.24, 2.45) is 0 Å². The van der Waals surface area contributed by atoms with Crippen molar-refractivity contribution in [2.75, 3.05) is 33.0 Å². The smallest absolute Gasteiger partial charge is 0.159 e. The lowest BCUT2D eigenvalue weighted by atomic mass is 10.2. The molecule has 0 unspecified atom stereocenters. The van der Waals surface area contributed by atoms with Crippen molar-refractivity contribution < 1.29 is 19.0 Å². The van der Waals surface area contributed by atoms with Gasteiger partial charge in [-0.15, -0.1) is 5.10 Å². The van der Waals surface area contributed by atoms with Crippen molar-refractivity contribution in [3.8, 4) is 11.4 Å². The molecule has 28 heavy (non-hydrogen) atoms. The van der Waals surface area contributed by atoms with Gasteiger partial charge in [-0.05, 0) is 34.7 Å². The summed E-state index contributed by atoms with van der Waals surface area (Å²) in [5.74, 6) is 1.90. The number of Topliss-reactive ketones (excluding diaryl/α,β-unsaturated/α-hetero) is 1. The van der Waals surface area contributed by atoms with Crippen molar-refractivity contribution in [1.29, 1.82) is 0 Å². The number of rotatable bonds is 12. The van der Waals surface area contributed by atoms with Crippen molar-refractivity contribution in [3.05, 3.63) is 30.1 Å². The number of benzene rings is 1. The number of nitrogens with zero attached hydrogens (tertiary/aromatic N) is 4. The number of carbonyl (C=O) groups excluding carboxylic acids is 1. The van der Waals surface area contributed by atoms with E-state index in [0.717, 1.165) is 17.3 Å². The summed E-state index contributed by atoms with van der Waals surface area (Å²) in [7, 11) is 0. The van der Waals surface area contributed by atoms with Crippen LogP contribution in [0.1, 0.15) is 52.8 Å². The Morgan fingerprint density at radius 1 is 1.04 bits per heavy atom. The Morgan fingerprint density at radius 3 is 2.32 bits per heavy atom. The zero-order chi connectivity index (χ0) is 20.8. The van der Waals surface area contributed by atoms with E-state index in [9.17, 15) is 4.79 Å². The third-order valence-corrected chi connectivity index (χ3v) is 3.62. The number of aromatic nitrogens is 4. The Kier molecular flexibility index (Phi) is 11.7. The highest BCUT2D eigenvalue weighted by Crippen LogP contribution is 2.18.